The van der Waals surface area contributed by atoms with Crippen LogP contribution in [0.15, 0.2) is 14.6 Å². The van der Waals surface area contributed by atoms with Gasteiger partial charge < -0.3 is 4.74 Å². The van der Waals surface area contributed by atoms with Crippen LogP contribution in [0.1, 0.15) is 53.9 Å². The summed E-state index contributed by atoms with van der Waals surface area (Å²) in [5, 5.41) is 0. The molecule has 0 saturated heterocycles. The SMILES string of the molecule is CCCC(=O)N=S(C)c1sc(C(=O)OCC)c2c1C=CCC2. The van der Waals surface area contributed by atoms with E-state index in [1.165, 1.54) is 11.3 Å². The molecule has 0 saturated carbocycles. The predicted octanol–water partition coefficient (Wildman–Crippen LogP) is 4.00. The Labute approximate surface area is 137 Å². The summed E-state index contributed by atoms with van der Waals surface area (Å²) < 4.78 is 10.4. The van der Waals surface area contributed by atoms with Crippen molar-refractivity contribution in [3.63, 3.8) is 0 Å². The van der Waals surface area contributed by atoms with Crippen molar-refractivity contribution in [3.05, 3.63) is 22.1 Å². The van der Waals surface area contributed by atoms with E-state index in [1.807, 2.05) is 20.1 Å². The van der Waals surface area contributed by atoms with Crippen molar-refractivity contribution in [3.8, 4) is 0 Å². The number of hydrogen-bond donors (Lipinski definition) is 0. The standard InChI is InChI=1S/C16H21NO3S2/c1-4-8-13(18)17-22(3)16-12-10-7-6-9-11(12)14(21-16)15(19)20-5-2/h7,10H,4-6,8-9H2,1-3H3. The molecular formula is C16H21NO3S2. The Morgan fingerprint density at radius 1 is 1.41 bits per heavy atom. The first-order valence-corrected chi connectivity index (χ1v) is 9.89. The van der Waals surface area contributed by atoms with Gasteiger partial charge in [0.25, 0.3) is 5.91 Å². The summed E-state index contributed by atoms with van der Waals surface area (Å²) in [6, 6.07) is 0. The lowest BCUT2D eigenvalue weighted by atomic mass is 10.00. The molecule has 1 heterocycles. The molecule has 0 fully saturated rings. The average Bonchev–Trinajstić information content (AvgIpc) is 2.87. The van der Waals surface area contributed by atoms with Crippen LogP contribution >= 0.6 is 11.3 Å². The minimum absolute atomic E-state index is 0.0621. The highest BCUT2D eigenvalue weighted by Gasteiger charge is 2.24. The van der Waals surface area contributed by atoms with E-state index in [2.05, 4.69) is 16.5 Å². The maximum atomic E-state index is 12.1. The maximum absolute atomic E-state index is 12.1. The van der Waals surface area contributed by atoms with Crippen LogP contribution in [0.3, 0.4) is 0 Å². The number of amides is 1. The van der Waals surface area contributed by atoms with Crippen molar-refractivity contribution in [1.29, 1.82) is 0 Å². The summed E-state index contributed by atoms with van der Waals surface area (Å²) in [7, 11) is -0.519. The third-order valence-corrected chi connectivity index (χ3v) is 6.52. The fourth-order valence-electron chi connectivity index (χ4n) is 2.34. The Bertz CT molecular complexity index is 644. The Kier molecular flexibility index (Phi) is 6.08. The molecule has 0 aliphatic heterocycles. The van der Waals surface area contributed by atoms with Gasteiger partial charge in [-0.3, -0.25) is 4.79 Å². The molecule has 0 bridgehead atoms. The van der Waals surface area contributed by atoms with Crippen LogP contribution in [0.25, 0.3) is 6.08 Å². The summed E-state index contributed by atoms with van der Waals surface area (Å²) in [6.07, 6.45) is 9.16. The quantitative estimate of drug-likeness (QED) is 0.762. The number of esters is 1. The Hall–Kier alpha value is -1.27. The highest BCUT2D eigenvalue weighted by atomic mass is 32.2. The second-order valence-corrected chi connectivity index (χ2v) is 7.81. The third kappa shape index (κ3) is 3.73. The van der Waals surface area contributed by atoms with Crippen molar-refractivity contribution in [1.82, 2.24) is 0 Å². The van der Waals surface area contributed by atoms with Gasteiger partial charge in [-0.15, -0.1) is 11.3 Å². The van der Waals surface area contributed by atoms with Crippen LogP contribution in [-0.4, -0.2) is 24.7 Å². The lowest BCUT2D eigenvalue weighted by molar-refractivity contribution is -0.117. The number of carbonyl (C=O) groups is 2. The van der Waals surface area contributed by atoms with Crippen LogP contribution in [-0.2, 0) is 26.6 Å². The second kappa shape index (κ2) is 7.83. The largest absolute Gasteiger partial charge is 0.462 e. The van der Waals surface area contributed by atoms with Crippen molar-refractivity contribution < 1.29 is 14.3 Å². The van der Waals surface area contributed by atoms with E-state index in [-0.39, 0.29) is 11.9 Å². The zero-order chi connectivity index (χ0) is 16.1. The van der Waals surface area contributed by atoms with E-state index in [0.29, 0.717) is 17.9 Å². The number of rotatable bonds is 5. The average molecular weight is 339 g/mol. The van der Waals surface area contributed by atoms with E-state index in [0.717, 1.165) is 34.6 Å². The van der Waals surface area contributed by atoms with E-state index in [1.54, 1.807) is 0 Å². The maximum Gasteiger partial charge on any atom is 0.348 e. The van der Waals surface area contributed by atoms with Gasteiger partial charge >= 0.3 is 5.97 Å². The number of ether oxygens (including phenoxy) is 1. The van der Waals surface area contributed by atoms with Crippen LogP contribution in [0.4, 0.5) is 0 Å². The molecule has 1 aliphatic rings. The highest BCUT2D eigenvalue weighted by Crippen LogP contribution is 2.36. The number of hydrogen-bond acceptors (Lipinski definition) is 4. The van der Waals surface area contributed by atoms with Crippen LogP contribution in [0.5, 0.6) is 0 Å². The van der Waals surface area contributed by atoms with Crippen molar-refractivity contribution >= 4 is 40.0 Å². The Morgan fingerprint density at radius 3 is 2.86 bits per heavy atom. The van der Waals surface area contributed by atoms with Gasteiger partial charge in [0, 0.05) is 12.0 Å². The first-order valence-electron chi connectivity index (χ1n) is 7.48. The van der Waals surface area contributed by atoms with Gasteiger partial charge in [0.2, 0.25) is 0 Å². The molecule has 1 unspecified atom stereocenters. The summed E-state index contributed by atoms with van der Waals surface area (Å²) in [4.78, 5) is 24.6. The molecule has 4 nitrogen and oxygen atoms in total. The summed E-state index contributed by atoms with van der Waals surface area (Å²) in [6.45, 7) is 4.14. The number of allylic oxidation sites excluding steroid dienone is 1. The van der Waals surface area contributed by atoms with E-state index in [4.69, 9.17) is 4.74 Å². The van der Waals surface area contributed by atoms with E-state index < -0.39 is 10.7 Å². The minimum atomic E-state index is -0.519. The minimum Gasteiger partial charge on any atom is -0.462 e. The molecule has 1 amide bonds. The lowest BCUT2D eigenvalue weighted by Gasteiger charge is -2.08. The lowest BCUT2D eigenvalue weighted by Crippen LogP contribution is -2.06. The van der Waals surface area contributed by atoms with Crippen molar-refractivity contribution in [2.75, 3.05) is 12.9 Å². The molecular weight excluding hydrogens is 318 g/mol. The Balaban J connectivity index is 2.42. The van der Waals surface area contributed by atoms with Crippen molar-refractivity contribution in [2.45, 2.75) is 43.7 Å². The molecule has 2 rings (SSSR count). The summed E-state index contributed by atoms with van der Waals surface area (Å²) in [5.74, 6) is -0.324. The molecule has 0 spiro atoms. The van der Waals surface area contributed by atoms with Crippen molar-refractivity contribution in [2.24, 2.45) is 4.36 Å². The zero-order valence-electron chi connectivity index (χ0n) is 13.2. The fraction of sp³-hybridized carbons (Fsp3) is 0.500. The molecule has 6 heteroatoms. The van der Waals surface area contributed by atoms with Gasteiger partial charge in [-0.1, -0.05) is 29.8 Å². The molecule has 0 radical (unpaired) electrons. The molecule has 1 aliphatic carbocycles. The number of nitrogens with zero attached hydrogens (tertiary/aromatic N) is 1. The van der Waals surface area contributed by atoms with Crippen LogP contribution < -0.4 is 0 Å². The van der Waals surface area contributed by atoms with E-state index >= 15 is 0 Å². The summed E-state index contributed by atoms with van der Waals surface area (Å²) >= 11 is 1.43. The Morgan fingerprint density at radius 2 is 2.18 bits per heavy atom. The zero-order valence-corrected chi connectivity index (χ0v) is 14.8. The number of thiophene rings is 1. The van der Waals surface area contributed by atoms with Gasteiger partial charge in [0.15, 0.2) is 0 Å². The molecule has 0 N–H and O–H groups in total. The van der Waals surface area contributed by atoms with Gasteiger partial charge in [0.05, 0.1) is 10.8 Å². The molecule has 22 heavy (non-hydrogen) atoms. The highest BCUT2D eigenvalue weighted by molar-refractivity contribution is 7.89. The first kappa shape index (κ1) is 17.1. The predicted molar refractivity (Wildman–Crippen MR) is 91.5 cm³/mol. The normalized spacial score (nSPS) is 14.7. The molecule has 1 aromatic rings. The molecule has 1 aromatic heterocycles. The summed E-state index contributed by atoms with van der Waals surface area (Å²) in [5.41, 5.74) is 2.12. The topological polar surface area (TPSA) is 55.7 Å². The fourth-order valence-corrected chi connectivity index (χ4v) is 5.13. The first-order chi connectivity index (χ1) is 10.6. The molecule has 0 aromatic carbocycles. The molecule has 1 atom stereocenters. The van der Waals surface area contributed by atoms with E-state index in [9.17, 15) is 9.59 Å². The van der Waals surface area contributed by atoms with Crippen LogP contribution in [0, 0.1) is 0 Å². The number of fused-ring (bicyclic) bond motifs is 1. The second-order valence-electron chi connectivity index (χ2n) is 4.99. The molecule has 120 valence electrons. The van der Waals surface area contributed by atoms with Crippen LogP contribution in [0.2, 0.25) is 0 Å². The van der Waals surface area contributed by atoms with Gasteiger partial charge in [0.1, 0.15) is 4.88 Å². The monoisotopic (exact) mass is 339 g/mol. The van der Waals surface area contributed by atoms with Gasteiger partial charge in [-0.05, 0) is 38.0 Å². The smallest absolute Gasteiger partial charge is 0.348 e. The third-order valence-electron chi connectivity index (χ3n) is 3.29. The number of carbonyl (C=O) groups excluding carboxylic acids is 2. The van der Waals surface area contributed by atoms with Gasteiger partial charge in [-0.2, -0.15) is 4.36 Å². The van der Waals surface area contributed by atoms with Gasteiger partial charge in [-0.25, -0.2) is 4.79 Å².